The number of anilines is 1. The number of nitrogens with two attached hydrogens (primary N) is 1. The third kappa shape index (κ3) is 3.01. The molecule has 0 spiro atoms. The second kappa shape index (κ2) is 4.87. The van der Waals surface area contributed by atoms with Gasteiger partial charge in [-0.2, -0.15) is 4.98 Å². The highest BCUT2D eigenvalue weighted by Crippen LogP contribution is 2.22. The van der Waals surface area contributed by atoms with Crippen LogP contribution in [0.4, 0.5) is 5.69 Å². The quantitative estimate of drug-likeness (QED) is 0.826. The van der Waals surface area contributed by atoms with Gasteiger partial charge in [-0.25, -0.2) is 0 Å². The van der Waals surface area contributed by atoms with Crippen molar-refractivity contribution in [2.24, 2.45) is 5.92 Å². The van der Waals surface area contributed by atoms with Crippen molar-refractivity contribution in [3.05, 3.63) is 12.1 Å². The Morgan fingerprint density at radius 3 is 2.47 bits per heavy atom. The fourth-order valence-electron chi connectivity index (χ4n) is 0.990. The molecule has 1 unspecified atom stereocenters. The maximum atomic E-state index is 5.65. The van der Waals surface area contributed by atoms with Gasteiger partial charge in [0.2, 0.25) is 11.8 Å². The maximum absolute atomic E-state index is 5.65. The molecule has 1 atom stereocenters. The number of ether oxygens (including phenoxy) is 2. The van der Waals surface area contributed by atoms with Crippen molar-refractivity contribution in [3.8, 4) is 11.8 Å². The third-order valence-electron chi connectivity index (χ3n) is 2.30. The number of rotatable bonds is 4. The summed E-state index contributed by atoms with van der Waals surface area (Å²) < 4.78 is 10.6. The molecule has 0 amide bonds. The Balaban J connectivity index is 2.78. The lowest BCUT2D eigenvalue weighted by Gasteiger charge is -2.17. The van der Waals surface area contributed by atoms with Crippen LogP contribution in [-0.4, -0.2) is 18.2 Å². The van der Waals surface area contributed by atoms with Crippen LogP contribution in [0.2, 0.25) is 0 Å². The standard InChI is InChI=1S/C11H18N2O2/c1-7(2)8(3)15-10-6-5-9(12)11(13-10)14-4/h5-8H,12H2,1-4H3. The van der Waals surface area contributed by atoms with Crippen LogP contribution < -0.4 is 15.2 Å². The van der Waals surface area contributed by atoms with E-state index in [9.17, 15) is 0 Å². The van der Waals surface area contributed by atoms with E-state index in [1.165, 1.54) is 7.11 Å². The second-order valence-electron chi connectivity index (χ2n) is 3.81. The first kappa shape index (κ1) is 11.6. The maximum Gasteiger partial charge on any atom is 0.240 e. The second-order valence-corrected chi connectivity index (χ2v) is 3.81. The highest BCUT2D eigenvalue weighted by Gasteiger charge is 2.11. The normalized spacial score (nSPS) is 12.6. The van der Waals surface area contributed by atoms with Crippen LogP contribution >= 0.6 is 0 Å². The van der Waals surface area contributed by atoms with Gasteiger partial charge in [0.15, 0.2) is 0 Å². The number of nitrogen functional groups attached to an aromatic ring is 1. The van der Waals surface area contributed by atoms with E-state index in [0.29, 0.717) is 23.4 Å². The van der Waals surface area contributed by atoms with Gasteiger partial charge in [-0.3, -0.25) is 0 Å². The molecular weight excluding hydrogens is 192 g/mol. The molecule has 4 nitrogen and oxygen atoms in total. The molecule has 4 heteroatoms. The van der Waals surface area contributed by atoms with Crippen molar-refractivity contribution in [1.82, 2.24) is 4.98 Å². The van der Waals surface area contributed by atoms with Crippen LogP contribution in [0.1, 0.15) is 20.8 Å². The summed E-state index contributed by atoms with van der Waals surface area (Å²) in [6.07, 6.45) is 0.117. The Kier molecular flexibility index (Phi) is 3.77. The summed E-state index contributed by atoms with van der Waals surface area (Å²) in [6.45, 7) is 6.20. The van der Waals surface area contributed by atoms with Crippen molar-refractivity contribution in [1.29, 1.82) is 0 Å². The molecule has 1 heterocycles. The Hall–Kier alpha value is -1.45. The van der Waals surface area contributed by atoms with E-state index < -0.39 is 0 Å². The van der Waals surface area contributed by atoms with Crippen LogP contribution in [0.5, 0.6) is 11.8 Å². The van der Waals surface area contributed by atoms with E-state index in [1.54, 1.807) is 12.1 Å². The van der Waals surface area contributed by atoms with Gasteiger partial charge in [-0.15, -0.1) is 0 Å². The fourth-order valence-corrected chi connectivity index (χ4v) is 0.990. The van der Waals surface area contributed by atoms with Gasteiger partial charge in [0.1, 0.15) is 0 Å². The average Bonchev–Trinajstić information content (AvgIpc) is 2.20. The van der Waals surface area contributed by atoms with Gasteiger partial charge in [-0.05, 0) is 18.9 Å². The summed E-state index contributed by atoms with van der Waals surface area (Å²) in [5.74, 6) is 1.39. The van der Waals surface area contributed by atoms with Crippen LogP contribution in [0, 0.1) is 5.92 Å². The molecule has 84 valence electrons. The van der Waals surface area contributed by atoms with Gasteiger partial charge in [0.25, 0.3) is 0 Å². The highest BCUT2D eigenvalue weighted by atomic mass is 16.5. The Bertz CT molecular complexity index is 326. The molecule has 1 rings (SSSR count). The summed E-state index contributed by atoms with van der Waals surface area (Å²) in [7, 11) is 1.54. The molecule has 0 aromatic carbocycles. The Labute approximate surface area is 90.4 Å². The van der Waals surface area contributed by atoms with E-state index in [4.69, 9.17) is 15.2 Å². The number of nitrogens with zero attached hydrogens (tertiary/aromatic N) is 1. The van der Waals surface area contributed by atoms with Gasteiger partial charge < -0.3 is 15.2 Å². The van der Waals surface area contributed by atoms with Gasteiger partial charge >= 0.3 is 0 Å². The van der Waals surface area contributed by atoms with E-state index in [1.807, 2.05) is 6.92 Å². The number of methoxy groups -OCH3 is 1. The van der Waals surface area contributed by atoms with Crippen LogP contribution in [-0.2, 0) is 0 Å². The lowest BCUT2D eigenvalue weighted by atomic mass is 10.1. The topological polar surface area (TPSA) is 57.4 Å². The van der Waals surface area contributed by atoms with Crippen molar-refractivity contribution in [3.63, 3.8) is 0 Å². The lowest BCUT2D eigenvalue weighted by molar-refractivity contribution is 0.162. The highest BCUT2D eigenvalue weighted by molar-refractivity contribution is 5.49. The van der Waals surface area contributed by atoms with E-state index in [-0.39, 0.29) is 6.10 Å². The molecular formula is C11H18N2O2. The largest absolute Gasteiger partial charge is 0.479 e. The zero-order valence-corrected chi connectivity index (χ0v) is 9.65. The molecule has 2 N–H and O–H groups in total. The van der Waals surface area contributed by atoms with Gasteiger partial charge in [0, 0.05) is 6.07 Å². The van der Waals surface area contributed by atoms with Crippen molar-refractivity contribution in [2.75, 3.05) is 12.8 Å². The minimum Gasteiger partial charge on any atom is -0.479 e. The van der Waals surface area contributed by atoms with Gasteiger partial charge in [0.05, 0.1) is 18.9 Å². The van der Waals surface area contributed by atoms with Crippen molar-refractivity contribution in [2.45, 2.75) is 26.9 Å². The SMILES string of the molecule is COc1nc(OC(C)C(C)C)ccc1N. The van der Waals surface area contributed by atoms with Crippen molar-refractivity contribution >= 4 is 5.69 Å². The first-order valence-corrected chi connectivity index (χ1v) is 5.01. The predicted molar refractivity (Wildman–Crippen MR) is 60.1 cm³/mol. The molecule has 0 radical (unpaired) electrons. The molecule has 1 aromatic heterocycles. The van der Waals surface area contributed by atoms with Crippen LogP contribution in [0.3, 0.4) is 0 Å². The molecule has 0 saturated heterocycles. The Morgan fingerprint density at radius 1 is 1.27 bits per heavy atom. The van der Waals surface area contributed by atoms with E-state index in [2.05, 4.69) is 18.8 Å². The van der Waals surface area contributed by atoms with Gasteiger partial charge in [-0.1, -0.05) is 13.8 Å². The Morgan fingerprint density at radius 2 is 1.93 bits per heavy atom. The summed E-state index contributed by atoms with van der Waals surface area (Å²) in [5.41, 5.74) is 6.16. The minimum absolute atomic E-state index is 0.117. The molecule has 0 aliphatic heterocycles. The molecule has 0 aliphatic rings. The van der Waals surface area contributed by atoms with Crippen LogP contribution in [0.25, 0.3) is 0 Å². The van der Waals surface area contributed by atoms with Crippen molar-refractivity contribution < 1.29 is 9.47 Å². The zero-order valence-electron chi connectivity index (χ0n) is 9.65. The third-order valence-corrected chi connectivity index (χ3v) is 2.30. The number of aromatic nitrogens is 1. The van der Waals surface area contributed by atoms with E-state index >= 15 is 0 Å². The summed E-state index contributed by atoms with van der Waals surface area (Å²) in [4.78, 5) is 4.14. The predicted octanol–water partition coefficient (Wildman–Crippen LogP) is 2.10. The zero-order chi connectivity index (χ0) is 11.4. The monoisotopic (exact) mass is 210 g/mol. The first-order valence-electron chi connectivity index (χ1n) is 5.01. The summed E-state index contributed by atoms with van der Waals surface area (Å²) >= 11 is 0. The first-order chi connectivity index (χ1) is 7.04. The summed E-state index contributed by atoms with van der Waals surface area (Å²) in [5, 5.41) is 0. The molecule has 0 saturated carbocycles. The molecule has 15 heavy (non-hydrogen) atoms. The van der Waals surface area contributed by atoms with E-state index in [0.717, 1.165) is 0 Å². The number of pyridine rings is 1. The molecule has 0 aliphatic carbocycles. The number of hydrogen-bond donors (Lipinski definition) is 1. The smallest absolute Gasteiger partial charge is 0.240 e. The minimum atomic E-state index is 0.117. The lowest BCUT2D eigenvalue weighted by Crippen LogP contribution is -2.19. The molecule has 1 aromatic rings. The molecule has 0 fully saturated rings. The average molecular weight is 210 g/mol. The number of hydrogen-bond acceptors (Lipinski definition) is 4. The molecule has 0 bridgehead atoms. The fraction of sp³-hybridized carbons (Fsp3) is 0.545. The van der Waals surface area contributed by atoms with Crippen LogP contribution in [0.15, 0.2) is 12.1 Å². The summed E-state index contributed by atoms with van der Waals surface area (Å²) in [6, 6.07) is 3.48.